The Morgan fingerprint density at radius 2 is 1.69 bits per heavy atom. The Morgan fingerprint density at radius 1 is 1.06 bits per heavy atom. The Labute approximate surface area is 217 Å². The summed E-state index contributed by atoms with van der Waals surface area (Å²) in [6.07, 6.45) is 3.05. The van der Waals surface area contributed by atoms with Crippen molar-refractivity contribution in [2.75, 3.05) is 52.3 Å². The average molecular weight is 529 g/mol. The summed E-state index contributed by atoms with van der Waals surface area (Å²) in [6.45, 7) is 10.6. The van der Waals surface area contributed by atoms with Crippen LogP contribution in [-0.4, -0.2) is 75.9 Å². The van der Waals surface area contributed by atoms with E-state index in [0.29, 0.717) is 35.1 Å². The van der Waals surface area contributed by atoms with Crippen LogP contribution in [0.5, 0.6) is 5.75 Å². The number of sulfonamides is 1. The van der Waals surface area contributed by atoms with Gasteiger partial charge in [0.2, 0.25) is 10.0 Å². The lowest BCUT2D eigenvalue weighted by molar-refractivity contribution is 0.0985. The molecule has 0 fully saturated rings. The Balaban J connectivity index is 1.98. The zero-order valence-electron chi connectivity index (χ0n) is 21.1. The lowest BCUT2D eigenvalue weighted by Gasteiger charge is -2.22. The summed E-state index contributed by atoms with van der Waals surface area (Å²) in [5, 5.41) is 0.560. The van der Waals surface area contributed by atoms with Gasteiger partial charge in [-0.1, -0.05) is 29.6 Å². The van der Waals surface area contributed by atoms with Gasteiger partial charge in [-0.2, -0.15) is 4.31 Å². The molecule has 1 amide bonds. The monoisotopic (exact) mass is 528 g/mol. The minimum absolute atomic E-state index is 0.0999. The number of hydrogen-bond donors (Lipinski definition) is 0. The molecule has 10 heteroatoms. The summed E-state index contributed by atoms with van der Waals surface area (Å²) in [7, 11) is 1.71. The first-order chi connectivity index (χ1) is 17.1. The zero-order valence-corrected chi connectivity index (χ0v) is 22.7. The van der Waals surface area contributed by atoms with Crippen LogP contribution in [0.1, 0.15) is 15.9 Å². The van der Waals surface area contributed by atoms with E-state index in [0.717, 1.165) is 10.3 Å². The van der Waals surface area contributed by atoms with Crippen molar-refractivity contribution in [3.05, 3.63) is 72.8 Å². The normalized spacial score (nSPS) is 11.7. The van der Waals surface area contributed by atoms with E-state index in [-0.39, 0.29) is 23.9 Å². The summed E-state index contributed by atoms with van der Waals surface area (Å²) in [4.78, 5) is 22.1. The van der Waals surface area contributed by atoms with E-state index in [1.807, 2.05) is 38.1 Å². The van der Waals surface area contributed by atoms with Crippen LogP contribution in [0, 0.1) is 6.92 Å². The van der Waals surface area contributed by atoms with Gasteiger partial charge in [0.1, 0.15) is 11.3 Å². The molecule has 0 atom stereocenters. The number of aryl methyl sites for hydroxylation is 1. The second-order valence-electron chi connectivity index (χ2n) is 8.44. The van der Waals surface area contributed by atoms with E-state index < -0.39 is 10.0 Å². The average Bonchev–Trinajstić information content (AvgIpc) is 3.30. The third-order valence-corrected chi connectivity index (χ3v) is 8.62. The fraction of sp³-hybridized carbons (Fsp3) is 0.308. The van der Waals surface area contributed by atoms with Crippen LogP contribution in [0.2, 0.25) is 0 Å². The molecule has 192 valence electrons. The molecule has 2 aromatic carbocycles. The van der Waals surface area contributed by atoms with Crippen LogP contribution in [0.25, 0.3) is 10.2 Å². The van der Waals surface area contributed by atoms with Gasteiger partial charge in [-0.3, -0.25) is 9.69 Å². The molecular weight excluding hydrogens is 496 g/mol. The summed E-state index contributed by atoms with van der Waals surface area (Å²) in [6, 6.07) is 9.83. The minimum atomic E-state index is -3.76. The topological polar surface area (TPSA) is 83.1 Å². The van der Waals surface area contributed by atoms with Gasteiger partial charge >= 0.3 is 0 Å². The van der Waals surface area contributed by atoms with Gasteiger partial charge in [-0.15, -0.1) is 13.2 Å². The summed E-state index contributed by atoms with van der Waals surface area (Å²) in [5.74, 6) is 0.391. The predicted octanol–water partition coefficient (Wildman–Crippen LogP) is 4.18. The van der Waals surface area contributed by atoms with Crippen LogP contribution in [0.3, 0.4) is 0 Å². The van der Waals surface area contributed by atoms with E-state index in [9.17, 15) is 13.2 Å². The van der Waals surface area contributed by atoms with Gasteiger partial charge < -0.3 is 9.64 Å². The molecule has 0 radical (unpaired) electrons. The van der Waals surface area contributed by atoms with Gasteiger partial charge in [0.15, 0.2) is 5.13 Å². The van der Waals surface area contributed by atoms with E-state index in [1.54, 1.807) is 12.0 Å². The molecule has 3 aromatic rings. The van der Waals surface area contributed by atoms with Crippen LogP contribution in [0.4, 0.5) is 5.13 Å². The molecule has 8 nitrogen and oxygen atoms in total. The Kier molecular flexibility index (Phi) is 9.02. The van der Waals surface area contributed by atoms with Gasteiger partial charge in [0, 0.05) is 31.7 Å². The maximum absolute atomic E-state index is 13.6. The number of anilines is 1. The fourth-order valence-electron chi connectivity index (χ4n) is 3.60. The second-order valence-corrected chi connectivity index (χ2v) is 11.4. The lowest BCUT2D eigenvalue weighted by Crippen LogP contribution is -2.36. The quantitative estimate of drug-likeness (QED) is 0.328. The number of nitrogens with zero attached hydrogens (tertiary/aromatic N) is 4. The zero-order chi connectivity index (χ0) is 26.5. The van der Waals surface area contributed by atoms with Crippen LogP contribution >= 0.6 is 11.3 Å². The van der Waals surface area contributed by atoms with Crippen molar-refractivity contribution in [3.63, 3.8) is 0 Å². The SMILES string of the molecule is C=CCN(CC=C)S(=O)(=O)c1ccc(C(=O)N(CCN(C)C)c2nc3c(OC)ccc(C)c3s2)cc1. The molecule has 1 aromatic heterocycles. The molecule has 1 heterocycles. The number of ether oxygens (including phenoxy) is 1. The maximum Gasteiger partial charge on any atom is 0.260 e. The number of aromatic nitrogens is 1. The number of rotatable bonds is 12. The number of likely N-dealkylation sites (N-methyl/N-ethyl adjacent to an activating group) is 1. The Bertz CT molecular complexity index is 1340. The van der Waals surface area contributed by atoms with E-state index in [4.69, 9.17) is 9.72 Å². The van der Waals surface area contributed by atoms with Crippen molar-refractivity contribution in [1.29, 1.82) is 0 Å². The molecule has 0 N–H and O–H groups in total. The fourth-order valence-corrected chi connectivity index (χ4v) is 6.05. The lowest BCUT2D eigenvalue weighted by atomic mass is 10.2. The number of carbonyl (C=O) groups is 1. The number of carbonyl (C=O) groups excluding carboxylic acids is 1. The summed E-state index contributed by atoms with van der Waals surface area (Å²) >= 11 is 1.43. The summed E-state index contributed by atoms with van der Waals surface area (Å²) in [5.41, 5.74) is 2.13. The van der Waals surface area contributed by atoms with Gasteiger partial charge in [0.05, 0.1) is 16.7 Å². The number of hydrogen-bond acceptors (Lipinski definition) is 7. The molecule has 0 spiro atoms. The first kappa shape index (κ1) is 27.5. The number of benzene rings is 2. The van der Waals surface area contributed by atoms with Crippen molar-refractivity contribution in [1.82, 2.24) is 14.2 Å². The molecule has 0 aliphatic carbocycles. The van der Waals surface area contributed by atoms with Crippen molar-refractivity contribution in [2.45, 2.75) is 11.8 Å². The molecule has 0 aliphatic heterocycles. The van der Waals surface area contributed by atoms with Crippen molar-refractivity contribution >= 4 is 42.6 Å². The van der Waals surface area contributed by atoms with Crippen molar-refractivity contribution < 1.29 is 17.9 Å². The number of thiazole rings is 1. The van der Waals surface area contributed by atoms with Crippen LogP contribution in [-0.2, 0) is 10.0 Å². The van der Waals surface area contributed by atoms with Gasteiger partial charge in [0.25, 0.3) is 5.91 Å². The molecule has 0 saturated heterocycles. The largest absolute Gasteiger partial charge is 0.494 e. The third kappa shape index (κ3) is 5.84. The standard InChI is InChI=1S/C26H32N4O4S2/c1-7-15-29(16-8-2)36(32,33)21-12-10-20(11-13-21)25(31)30(18-17-28(4)5)26-27-23-22(34-6)14-9-19(3)24(23)35-26/h7-14H,1-2,15-18H2,3-6H3. The molecule has 3 rings (SSSR count). The maximum atomic E-state index is 13.6. The molecule has 0 aliphatic rings. The van der Waals surface area contributed by atoms with E-state index >= 15 is 0 Å². The molecule has 0 unspecified atom stereocenters. The number of amides is 1. The third-order valence-electron chi connectivity index (χ3n) is 5.56. The molecule has 36 heavy (non-hydrogen) atoms. The Hall–Kier alpha value is -3.05. The Morgan fingerprint density at radius 3 is 2.25 bits per heavy atom. The van der Waals surface area contributed by atoms with Gasteiger partial charge in [-0.25, -0.2) is 13.4 Å². The number of methoxy groups -OCH3 is 1. The highest BCUT2D eigenvalue weighted by Crippen LogP contribution is 2.36. The van der Waals surface area contributed by atoms with E-state index in [2.05, 4.69) is 13.2 Å². The van der Waals surface area contributed by atoms with Crippen molar-refractivity contribution in [2.24, 2.45) is 0 Å². The van der Waals surface area contributed by atoms with E-state index in [1.165, 1.54) is 52.1 Å². The molecule has 0 bridgehead atoms. The minimum Gasteiger partial charge on any atom is -0.494 e. The number of fused-ring (bicyclic) bond motifs is 1. The van der Waals surface area contributed by atoms with Crippen molar-refractivity contribution in [3.8, 4) is 5.75 Å². The highest BCUT2D eigenvalue weighted by molar-refractivity contribution is 7.89. The van der Waals surface area contributed by atoms with Gasteiger partial charge in [-0.05, 0) is 56.9 Å². The van der Waals surface area contributed by atoms with Crippen LogP contribution in [0.15, 0.2) is 66.6 Å². The summed E-state index contributed by atoms with van der Waals surface area (Å²) < 4.78 is 33.8. The predicted molar refractivity (Wildman–Crippen MR) is 147 cm³/mol. The highest BCUT2D eigenvalue weighted by Gasteiger charge is 2.25. The first-order valence-electron chi connectivity index (χ1n) is 11.4. The van der Waals surface area contributed by atoms with Crippen LogP contribution < -0.4 is 9.64 Å². The highest BCUT2D eigenvalue weighted by atomic mass is 32.2. The smallest absolute Gasteiger partial charge is 0.260 e. The molecular formula is C26H32N4O4S2. The first-order valence-corrected chi connectivity index (χ1v) is 13.6. The second kappa shape index (κ2) is 11.8. The molecule has 0 saturated carbocycles.